The zero-order valence-corrected chi connectivity index (χ0v) is 19.3. The summed E-state index contributed by atoms with van der Waals surface area (Å²) in [5.41, 5.74) is 0.354. The molecule has 5 atom stereocenters. The summed E-state index contributed by atoms with van der Waals surface area (Å²) in [4.78, 5) is 41.3. The third-order valence-corrected chi connectivity index (χ3v) is 7.07. The number of imide groups is 1. The van der Waals surface area contributed by atoms with Crippen LogP contribution >= 0.6 is 0 Å². The van der Waals surface area contributed by atoms with Crippen molar-refractivity contribution < 1.29 is 28.6 Å². The largest absolute Gasteiger partial charge is 0.469 e. The van der Waals surface area contributed by atoms with Crippen LogP contribution in [0.25, 0.3) is 0 Å². The van der Waals surface area contributed by atoms with Gasteiger partial charge in [0.15, 0.2) is 5.60 Å². The van der Waals surface area contributed by atoms with Gasteiger partial charge in [-0.2, -0.15) is 0 Å². The van der Waals surface area contributed by atoms with Gasteiger partial charge in [0.1, 0.15) is 5.92 Å². The van der Waals surface area contributed by atoms with Gasteiger partial charge in [0, 0.05) is 11.1 Å². The Balaban J connectivity index is 1.63. The molecule has 34 heavy (non-hydrogen) atoms. The van der Waals surface area contributed by atoms with Crippen LogP contribution in [0.3, 0.4) is 0 Å². The summed E-state index contributed by atoms with van der Waals surface area (Å²) in [7, 11) is 1.29. The number of hydrogen-bond acceptors (Lipinski definition) is 6. The number of rotatable bonds is 5. The summed E-state index contributed by atoms with van der Waals surface area (Å²) in [6.07, 6.45) is 1.68. The Kier molecular flexibility index (Phi) is 5.52. The summed E-state index contributed by atoms with van der Waals surface area (Å²) in [6, 6.07) is 18.3. The highest BCUT2D eigenvalue weighted by Gasteiger charge is 2.63. The first-order valence-electron chi connectivity index (χ1n) is 11.5. The lowest BCUT2D eigenvalue weighted by Crippen LogP contribution is -2.53. The highest BCUT2D eigenvalue weighted by molar-refractivity contribution is 5.98. The predicted molar refractivity (Wildman–Crippen MR) is 122 cm³/mol. The van der Waals surface area contributed by atoms with E-state index in [9.17, 15) is 14.4 Å². The average Bonchev–Trinajstić information content (AvgIpc) is 3.56. The number of benzene rings is 2. The fourth-order valence-corrected chi connectivity index (χ4v) is 5.71. The van der Waals surface area contributed by atoms with Crippen LogP contribution in [0.5, 0.6) is 0 Å². The van der Waals surface area contributed by atoms with Gasteiger partial charge in [-0.3, -0.25) is 9.59 Å². The predicted octanol–water partition coefficient (Wildman–Crippen LogP) is 3.68. The summed E-state index contributed by atoms with van der Waals surface area (Å²) < 4.78 is 17.0. The number of amides is 2. The normalized spacial score (nSPS) is 28.9. The molecule has 176 valence electrons. The van der Waals surface area contributed by atoms with Gasteiger partial charge in [0.05, 0.1) is 31.3 Å². The number of methoxy groups -OCH3 is 1. The van der Waals surface area contributed by atoms with Crippen molar-refractivity contribution in [1.29, 1.82) is 0 Å². The average molecular weight is 462 g/mol. The number of cyclic esters (lactones) is 1. The Morgan fingerprint density at radius 1 is 0.912 bits per heavy atom. The van der Waals surface area contributed by atoms with E-state index in [1.165, 1.54) is 12.0 Å². The van der Waals surface area contributed by atoms with E-state index in [2.05, 4.69) is 0 Å². The maximum atomic E-state index is 14.0. The Hall–Kier alpha value is -3.45. The van der Waals surface area contributed by atoms with Crippen molar-refractivity contribution >= 4 is 18.0 Å². The van der Waals surface area contributed by atoms with Crippen LogP contribution in [-0.4, -0.2) is 48.2 Å². The molecule has 0 radical (unpaired) electrons. The molecule has 3 heterocycles. The van der Waals surface area contributed by atoms with Crippen LogP contribution in [0, 0.1) is 17.8 Å². The summed E-state index contributed by atoms with van der Waals surface area (Å²) in [6.45, 7) is 3.92. The van der Waals surface area contributed by atoms with E-state index in [0.29, 0.717) is 0 Å². The smallest absolute Gasteiger partial charge is 0.418 e. The van der Waals surface area contributed by atoms with Gasteiger partial charge in [-0.1, -0.05) is 86.7 Å². The summed E-state index contributed by atoms with van der Waals surface area (Å²) in [5.74, 6) is -2.83. The molecule has 0 N–H and O–H groups in total. The van der Waals surface area contributed by atoms with Crippen molar-refractivity contribution in [2.24, 2.45) is 17.8 Å². The number of ether oxygens (including phenoxy) is 3. The second kappa shape index (κ2) is 8.40. The number of nitrogens with zero attached hydrogens (tertiary/aromatic N) is 1. The Labute approximate surface area is 198 Å². The molecule has 0 spiro atoms. The third-order valence-electron chi connectivity index (χ3n) is 7.07. The number of carbonyl (C=O) groups excluding carboxylic acids is 3. The van der Waals surface area contributed by atoms with E-state index in [4.69, 9.17) is 14.2 Å². The molecule has 0 aromatic heterocycles. The molecule has 7 nitrogen and oxygen atoms in total. The van der Waals surface area contributed by atoms with Gasteiger partial charge in [-0.15, -0.1) is 0 Å². The lowest BCUT2D eigenvalue weighted by Gasteiger charge is -2.38. The van der Waals surface area contributed by atoms with E-state index in [0.717, 1.165) is 11.1 Å². The molecule has 2 aromatic rings. The standard InChI is InChI=1S/C27H27NO6/c1-16(2)23-27(17-10-6-4-7-11-17,18-12-8-5-9-13-18)34-26(31)28(23)24(29)21-19-14-15-20(33-19)22(21)25(30)32-3/h4-16,19-23H,1-3H3/t19-,20+,21-,22+,23-/m0/s1. The highest BCUT2D eigenvalue weighted by Crippen LogP contribution is 2.49. The number of esters is 1. The van der Waals surface area contributed by atoms with Crippen LogP contribution in [0.15, 0.2) is 72.8 Å². The van der Waals surface area contributed by atoms with E-state index in [-0.39, 0.29) is 5.92 Å². The maximum Gasteiger partial charge on any atom is 0.418 e. The Morgan fingerprint density at radius 2 is 1.44 bits per heavy atom. The van der Waals surface area contributed by atoms with Crippen LogP contribution < -0.4 is 0 Å². The molecule has 2 aromatic carbocycles. The van der Waals surface area contributed by atoms with E-state index < -0.39 is 53.7 Å². The molecule has 2 saturated heterocycles. The lowest BCUT2D eigenvalue weighted by atomic mass is 9.75. The minimum atomic E-state index is -1.20. The minimum absolute atomic E-state index is 0.151. The van der Waals surface area contributed by atoms with Gasteiger partial charge < -0.3 is 14.2 Å². The first kappa shape index (κ1) is 22.3. The molecular formula is C27H27NO6. The maximum absolute atomic E-state index is 14.0. The van der Waals surface area contributed by atoms with Crippen molar-refractivity contribution in [1.82, 2.24) is 4.90 Å². The Morgan fingerprint density at radius 3 is 1.94 bits per heavy atom. The van der Waals surface area contributed by atoms with Crippen molar-refractivity contribution in [3.8, 4) is 0 Å². The van der Waals surface area contributed by atoms with Crippen LogP contribution in [0.4, 0.5) is 4.79 Å². The third kappa shape index (κ3) is 3.18. The van der Waals surface area contributed by atoms with Crippen molar-refractivity contribution in [2.75, 3.05) is 7.11 Å². The zero-order valence-electron chi connectivity index (χ0n) is 19.3. The molecular weight excluding hydrogens is 434 g/mol. The van der Waals surface area contributed by atoms with Gasteiger partial charge in [0.2, 0.25) is 5.91 Å². The molecule has 0 unspecified atom stereocenters. The SMILES string of the molecule is COC(=O)[C@H]1[C@@H](C(=O)N2C(=O)OC(c3ccccc3)(c3ccccc3)[C@@H]2C(C)C)[C@@H]2C=C[C@H]1O2. The number of carbonyl (C=O) groups is 3. The molecule has 0 saturated carbocycles. The monoisotopic (exact) mass is 461 g/mol. The van der Waals surface area contributed by atoms with Crippen molar-refractivity contribution in [3.63, 3.8) is 0 Å². The first-order chi connectivity index (χ1) is 16.4. The molecule has 2 bridgehead atoms. The van der Waals surface area contributed by atoms with Gasteiger partial charge in [-0.25, -0.2) is 9.69 Å². The van der Waals surface area contributed by atoms with Crippen LogP contribution in [-0.2, 0) is 29.4 Å². The molecule has 3 aliphatic rings. The molecule has 2 amide bonds. The van der Waals surface area contributed by atoms with E-state index >= 15 is 0 Å². The number of hydrogen-bond donors (Lipinski definition) is 0. The molecule has 2 fully saturated rings. The van der Waals surface area contributed by atoms with Crippen LogP contribution in [0.1, 0.15) is 25.0 Å². The fourth-order valence-electron chi connectivity index (χ4n) is 5.71. The van der Waals surface area contributed by atoms with Crippen molar-refractivity contribution in [3.05, 3.63) is 83.9 Å². The highest BCUT2D eigenvalue weighted by atomic mass is 16.6. The van der Waals surface area contributed by atoms with Gasteiger partial charge >= 0.3 is 12.1 Å². The number of fused-ring (bicyclic) bond motifs is 2. The quantitative estimate of drug-likeness (QED) is 0.499. The minimum Gasteiger partial charge on any atom is -0.469 e. The first-order valence-corrected chi connectivity index (χ1v) is 11.5. The van der Waals surface area contributed by atoms with Gasteiger partial charge in [0.25, 0.3) is 0 Å². The summed E-state index contributed by atoms with van der Waals surface area (Å²) >= 11 is 0. The van der Waals surface area contributed by atoms with Crippen LogP contribution in [0.2, 0.25) is 0 Å². The zero-order chi connectivity index (χ0) is 24.0. The molecule has 3 aliphatic heterocycles. The van der Waals surface area contributed by atoms with Crippen molar-refractivity contribution in [2.45, 2.75) is 37.7 Å². The lowest BCUT2D eigenvalue weighted by molar-refractivity contribution is -0.152. The second-order valence-electron chi connectivity index (χ2n) is 9.26. The molecule has 0 aliphatic carbocycles. The molecule has 5 rings (SSSR count). The van der Waals surface area contributed by atoms with E-state index in [1.807, 2.05) is 74.5 Å². The molecule has 7 heteroatoms. The van der Waals surface area contributed by atoms with Gasteiger partial charge in [-0.05, 0) is 5.92 Å². The fraction of sp³-hybridized carbons (Fsp3) is 0.370. The topological polar surface area (TPSA) is 82.1 Å². The summed E-state index contributed by atoms with van der Waals surface area (Å²) in [5, 5.41) is 0. The second-order valence-corrected chi connectivity index (χ2v) is 9.26. The van der Waals surface area contributed by atoms with E-state index in [1.54, 1.807) is 12.2 Å². The Bertz CT molecular complexity index is 1090.